The summed E-state index contributed by atoms with van der Waals surface area (Å²) >= 11 is 0. The topological polar surface area (TPSA) is 101 Å². The quantitative estimate of drug-likeness (QED) is 0.637. The highest BCUT2D eigenvalue weighted by molar-refractivity contribution is 6.04. The van der Waals surface area contributed by atoms with Gasteiger partial charge in [-0.3, -0.25) is 20.0 Å². The lowest BCUT2D eigenvalue weighted by molar-refractivity contribution is -0.385. The van der Waals surface area contributed by atoms with Crippen molar-refractivity contribution in [1.82, 2.24) is 10.2 Å². The molecule has 1 aromatic carbocycles. The number of nitrogens with zero attached hydrogens (tertiary/aromatic N) is 2. The number of nitro benzene ring substituents is 1. The third kappa shape index (κ3) is 2.34. The lowest BCUT2D eigenvalue weighted by atomic mass is 10.2. The average molecular weight is 246 g/mol. The van der Waals surface area contributed by atoms with Crippen LogP contribution in [-0.2, 0) is 0 Å². The largest absolute Gasteiger partial charge is 0.322 e. The van der Waals surface area contributed by atoms with Gasteiger partial charge in [-0.2, -0.15) is 5.10 Å². The zero-order chi connectivity index (χ0) is 13.1. The van der Waals surface area contributed by atoms with Crippen molar-refractivity contribution in [2.45, 2.75) is 6.92 Å². The molecule has 2 rings (SSSR count). The predicted octanol–water partition coefficient (Wildman–Crippen LogP) is 1.88. The highest BCUT2D eigenvalue weighted by atomic mass is 16.6. The van der Waals surface area contributed by atoms with Crippen LogP contribution in [0.25, 0.3) is 0 Å². The summed E-state index contributed by atoms with van der Waals surface area (Å²) in [5.41, 5.74) is 1.25. The van der Waals surface area contributed by atoms with Crippen LogP contribution in [0.4, 0.5) is 11.4 Å². The van der Waals surface area contributed by atoms with Gasteiger partial charge < -0.3 is 5.32 Å². The van der Waals surface area contributed by atoms with Crippen LogP contribution >= 0.6 is 0 Å². The third-order valence-corrected chi connectivity index (χ3v) is 2.42. The molecule has 0 atom stereocenters. The van der Waals surface area contributed by atoms with Gasteiger partial charge >= 0.3 is 0 Å². The van der Waals surface area contributed by atoms with E-state index in [2.05, 4.69) is 15.5 Å². The smallest absolute Gasteiger partial charge is 0.274 e. The monoisotopic (exact) mass is 246 g/mol. The standard InChI is InChI=1S/C11H10N4O3/c1-7-2-3-9(4-10(7)15(17)18)14-11(16)8-5-12-13-6-8/h2-6H,1H3,(H,12,13)(H,14,16). The number of carbonyl (C=O) groups is 1. The van der Waals surface area contributed by atoms with Crippen LogP contribution < -0.4 is 5.32 Å². The van der Waals surface area contributed by atoms with Crippen molar-refractivity contribution in [2.24, 2.45) is 0 Å². The minimum absolute atomic E-state index is 0.0278. The molecule has 1 aromatic heterocycles. The molecule has 7 heteroatoms. The maximum atomic E-state index is 11.7. The van der Waals surface area contributed by atoms with E-state index in [1.54, 1.807) is 19.1 Å². The van der Waals surface area contributed by atoms with Crippen molar-refractivity contribution in [3.05, 3.63) is 51.8 Å². The number of benzene rings is 1. The molecule has 0 spiro atoms. The van der Waals surface area contributed by atoms with Gasteiger partial charge in [0.05, 0.1) is 16.7 Å². The van der Waals surface area contributed by atoms with E-state index in [9.17, 15) is 14.9 Å². The zero-order valence-electron chi connectivity index (χ0n) is 9.51. The second-order valence-electron chi connectivity index (χ2n) is 3.70. The Labute approximate surface area is 102 Å². The number of aromatic nitrogens is 2. The van der Waals surface area contributed by atoms with E-state index >= 15 is 0 Å². The summed E-state index contributed by atoms with van der Waals surface area (Å²) in [7, 11) is 0. The van der Waals surface area contributed by atoms with E-state index < -0.39 is 4.92 Å². The molecule has 18 heavy (non-hydrogen) atoms. The van der Waals surface area contributed by atoms with Crippen LogP contribution in [0.2, 0.25) is 0 Å². The van der Waals surface area contributed by atoms with E-state index in [-0.39, 0.29) is 11.6 Å². The number of hydrogen-bond acceptors (Lipinski definition) is 4. The van der Waals surface area contributed by atoms with E-state index in [4.69, 9.17) is 0 Å². The van der Waals surface area contributed by atoms with Gasteiger partial charge in [0, 0.05) is 23.5 Å². The summed E-state index contributed by atoms with van der Waals surface area (Å²) in [6.45, 7) is 1.64. The SMILES string of the molecule is Cc1ccc(NC(=O)c2cn[nH]c2)cc1[N+](=O)[O-]. The number of aryl methyl sites for hydroxylation is 1. The van der Waals surface area contributed by atoms with E-state index in [1.165, 1.54) is 18.5 Å². The molecule has 0 unspecified atom stereocenters. The van der Waals surface area contributed by atoms with Gasteiger partial charge in [0.2, 0.25) is 0 Å². The summed E-state index contributed by atoms with van der Waals surface area (Å²) in [6, 6.07) is 4.52. The summed E-state index contributed by atoms with van der Waals surface area (Å²) in [5.74, 6) is -0.373. The molecule has 0 saturated carbocycles. The summed E-state index contributed by atoms with van der Waals surface area (Å²) in [6.07, 6.45) is 2.82. The molecule has 0 fully saturated rings. The number of H-pyrrole nitrogens is 1. The fraction of sp³-hybridized carbons (Fsp3) is 0.0909. The van der Waals surface area contributed by atoms with E-state index in [0.717, 1.165) is 0 Å². The van der Waals surface area contributed by atoms with Gasteiger partial charge in [-0.05, 0) is 13.0 Å². The Hall–Kier alpha value is -2.70. The number of anilines is 1. The second kappa shape index (κ2) is 4.66. The number of hydrogen-bond donors (Lipinski definition) is 2. The highest BCUT2D eigenvalue weighted by Crippen LogP contribution is 2.22. The molecule has 2 N–H and O–H groups in total. The van der Waals surface area contributed by atoms with Crippen LogP contribution in [-0.4, -0.2) is 21.0 Å². The summed E-state index contributed by atoms with van der Waals surface area (Å²) < 4.78 is 0. The number of rotatable bonds is 3. The summed E-state index contributed by atoms with van der Waals surface area (Å²) in [5, 5.41) is 19.5. The fourth-order valence-corrected chi connectivity index (χ4v) is 1.46. The summed E-state index contributed by atoms with van der Waals surface area (Å²) in [4.78, 5) is 22.0. The first-order valence-electron chi connectivity index (χ1n) is 5.13. The molecule has 0 radical (unpaired) electrons. The van der Waals surface area contributed by atoms with Gasteiger partial charge in [-0.15, -0.1) is 0 Å². The minimum Gasteiger partial charge on any atom is -0.322 e. The molecule has 0 aliphatic carbocycles. The van der Waals surface area contributed by atoms with Crippen molar-refractivity contribution >= 4 is 17.3 Å². The first kappa shape index (κ1) is 11.8. The molecular formula is C11H10N4O3. The molecule has 1 amide bonds. The number of nitro groups is 1. The van der Waals surface area contributed by atoms with Gasteiger partial charge in [0.1, 0.15) is 0 Å². The van der Waals surface area contributed by atoms with Crippen molar-refractivity contribution in [3.8, 4) is 0 Å². The van der Waals surface area contributed by atoms with E-state index in [0.29, 0.717) is 16.8 Å². The number of aromatic amines is 1. The number of carbonyl (C=O) groups excluding carboxylic acids is 1. The van der Waals surface area contributed by atoms with Gasteiger partial charge in [-0.25, -0.2) is 0 Å². The molecule has 0 aliphatic heterocycles. The van der Waals surface area contributed by atoms with Gasteiger partial charge in [0.15, 0.2) is 0 Å². The predicted molar refractivity (Wildman–Crippen MR) is 64.4 cm³/mol. The van der Waals surface area contributed by atoms with Gasteiger partial charge in [-0.1, -0.05) is 6.07 Å². The Kier molecular flexibility index (Phi) is 3.05. The fourth-order valence-electron chi connectivity index (χ4n) is 1.46. The zero-order valence-corrected chi connectivity index (χ0v) is 9.51. The number of nitrogens with one attached hydrogen (secondary N) is 2. The number of amides is 1. The lowest BCUT2D eigenvalue weighted by Crippen LogP contribution is -2.11. The maximum Gasteiger partial charge on any atom is 0.274 e. The van der Waals surface area contributed by atoms with Crippen molar-refractivity contribution in [1.29, 1.82) is 0 Å². The Morgan fingerprint density at radius 1 is 1.50 bits per heavy atom. The highest BCUT2D eigenvalue weighted by Gasteiger charge is 2.13. The van der Waals surface area contributed by atoms with Gasteiger partial charge in [0.25, 0.3) is 11.6 Å². The van der Waals surface area contributed by atoms with Crippen LogP contribution in [0.5, 0.6) is 0 Å². The average Bonchev–Trinajstić information content (AvgIpc) is 2.85. The first-order valence-corrected chi connectivity index (χ1v) is 5.13. The molecule has 1 heterocycles. The first-order chi connectivity index (χ1) is 8.58. The molecule has 92 valence electrons. The van der Waals surface area contributed by atoms with E-state index in [1.807, 2.05) is 0 Å². The van der Waals surface area contributed by atoms with Crippen molar-refractivity contribution in [2.75, 3.05) is 5.32 Å². The molecule has 2 aromatic rings. The molecule has 7 nitrogen and oxygen atoms in total. The van der Waals surface area contributed by atoms with Crippen LogP contribution in [0, 0.1) is 17.0 Å². The molecule has 0 aliphatic rings. The Bertz CT molecular complexity index is 592. The Morgan fingerprint density at radius 3 is 2.89 bits per heavy atom. The second-order valence-corrected chi connectivity index (χ2v) is 3.70. The molecular weight excluding hydrogens is 236 g/mol. The van der Waals surface area contributed by atoms with Crippen LogP contribution in [0.3, 0.4) is 0 Å². The van der Waals surface area contributed by atoms with Crippen molar-refractivity contribution in [3.63, 3.8) is 0 Å². The lowest BCUT2D eigenvalue weighted by Gasteiger charge is -2.04. The maximum absolute atomic E-state index is 11.7. The van der Waals surface area contributed by atoms with Crippen LogP contribution in [0.15, 0.2) is 30.6 Å². The Balaban J connectivity index is 2.22. The van der Waals surface area contributed by atoms with Crippen molar-refractivity contribution < 1.29 is 9.72 Å². The normalized spacial score (nSPS) is 10.1. The third-order valence-electron chi connectivity index (χ3n) is 2.42. The van der Waals surface area contributed by atoms with Crippen LogP contribution in [0.1, 0.15) is 15.9 Å². The molecule has 0 saturated heterocycles. The minimum atomic E-state index is -0.483. The molecule has 0 bridgehead atoms. The Morgan fingerprint density at radius 2 is 2.28 bits per heavy atom.